The second-order valence-corrected chi connectivity index (χ2v) is 5.38. The van der Waals surface area contributed by atoms with E-state index in [4.69, 9.17) is 5.26 Å². The highest BCUT2D eigenvalue weighted by Crippen LogP contribution is 2.16. The Morgan fingerprint density at radius 3 is 3.06 bits per heavy atom. The molecule has 2 nitrogen and oxygen atoms in total. The Bertz CT molecular complexity index is 420. The number of nitrogens with zero attached hydrogens (tertiary/aromatic N) is 2. The molecule has 0 N–H and O–H groups in total. The topological polar surface area (TPSA) is 27.0 Å². The molecule has 1 heterocycles. The Hall–Kier alpha value is -1.05. The third kappa shape index (κ3) is 3.45. The average Bonchev–Trinajstić information content (AvgIpc) is 2.60. The van der Waals surface area contributed by atoms with Crippen molar-refractivity contribution in [2.75, 3.05) is 24.6 Å². The predicted molar refractivity (Wildman–Crippen MR) is 68.3 cm³/mol. The summed E-state index contributed by atoms with van der Waals surface area (Å²) in [6, 6.07) is 6.63. The summed E-state index contributed by atoms with van der Waals surface area (Å²) in [5, 5.41) is 8.81. The number of benzene rings is 1. The number of halogens is 1. The van der Waals surface area contributed by atoms with Crippen LogP contribution >= 0.6 is 11.8 Å². The predicted octanol–water partition coefficient (Wildman–Crippen LogP) is 2.64. The van der Waals surface area contributed by atoms with Crippen LogP contribution in [0.1, 0.15) is 17.5 Å². The summed E-state index contributed by atoms with van der Waals surface area (Å²) in [5.74, 6) is 2.09. The molecule has 0 radical (unpaired) electrons. The molecule has 0 amide bonds. The third-order valence-corrected chi connectivity index (χ3v) is 3.93. The summed E-state index contributed by atoms with van der Waals surface area (Å²) in [4.78, 5) is 2.26. The van der Waals surface area contributed by atoms with Crippen molar-refractivity contribution in [2.45, 2.75) is 13.0 Å². The Labute approximate surface area is 105 Å². The van der Waals surface area contributed by atoms with Crippen LogP contribution in [0.5, 0.6) is 0 Å². The summed E-state index contributed by atoms with van der Waals surface area (Å²) in [6.45, 7) is 2.63. The third-order valence-electron chi connectivity index (χ3n) is 2.88. The molecule has 0 aromatic heterocycles. The summed E-state index contributed by atoms with van der Waals surface area (Å²) < 4.78 is 13.6. The van der Waals surface area contributed by atoms with E-state index < -0.39 is 0 Å². The smallest absolute Gasteiger partial charge is 0.127 e. The normalized spacial score (nSPS) is 17.4. The van der Waals surface area contributed by atoms with Crippen LogP contribution in [0.2, 0.25) is 0 Å². The maximum Gasteiger partial charge on any atom is 0.127 e. The van der Waals surface area contributed by atoms with Crippen LogP contribution < -0.4 is 0 Å². The zero-order chi connectivity index (χ0) is 12.1. The molecule has 0 aliphatic carbocycles. The molecule has 1 saturated heterocycles. The van der Waals surface area contributed by atoms with Crippen LogP contribution in [0.15, 0.2) is 18.2 Å². The van der Waals surface area contributed by atoms with Crippen molar-refractivity contribution in [1.82, 2.24) is 4.90 Å². The molecular weight excluding hydrogens is 235 g/mol. The molecule has 90 valence electrons. The van der Waals surface area contributed by atoms with Crippen molar-refractivity contribution >= 4 is 11.8 Å². The van der Waals surface area contributed by atoms with Crippen LogP contribution in [-0.2, 0) is 6.54 Å². The van der Waals surface area contributed by atoms with E-state index in [-0.39, 0.29) is 5.82 Å². The lowest BCUT2D eigenvalue weighted by molar-refractivity contribution is 0.283. The fraction of sp³-hybridized carbons (Fsp3) is 0.462. The maximum absolute atomic E-state index is 13.6. The lowest BCUT2D eigenvalue weighted by atomic mass is 10.1. The minimum absolute atomic E-state index is 0.207. The number of thioether (sulfide) groups is 1. The fourth-order valence-electron chi connectivity index (χ4n) is 1.96. The highest BCUT2D eigenvalue weighted by molar-refractivity contribution is 7.99. The van der Waals surface area contributed by atoms with Gasteiger partial charge in [-0.25, -0.2) is 4.39 Å². The summed E-state index contributed by atoms with van der Waals surface area (Å²) in [7, 11) is 0. The van der Waals surface area contributed by atoms with Crippen LogP contribution in [0.25, 0.3) is 0 Å². The van der Waals surface area contributed by atoms with E-state index in [2.05, 4.69) is 11.0 Å². The van der Waals surface area contributed by atoms with Crippen molar-refractivity contribution in [1.29, 1.82) is 5.26 Å². The monoisotopic (exact) mass is 250 g/mol. The van der Waals surface area contributed by atoms with E-state index in [9.17, 15) is 4.39 Å². The van der Waals surface area contributed by atoms with Gasteiger partial charge in [-0.2, -0.15) is 17.0 Å². The summed E-state index contributed by atoms with van der Waals surface area (Å²) >= 11 is 1.95. The molecule has 1 aromatic rings. The largest absolute Gasteiger partial charge is 0.298 e. The van der Waals surface area contributed by atoms with Crippen LogP contribution in [0.3, 0.4) is 0 Å². The van der Waals surface area contributed by atoms with Gasteiger partial charge in [-0.05, 0) is 36.9 Å². The van der Waals surface area contributed by atoms with Gasteiger partial charge in [-0.3, -0.25) is 4.90 Å². The van der Waals surface area contributed by atoms with E-state index in [1.54, 1.807) is 6.07 Å². The van der Waals surface area contributed by atoms with Gasteiger partial charge < -0.3 is 0 Å². The van der Waals surface area contributed by atoms with E-state index >= 15 is 0 Å². The van der Waals surface area contributed by atoms with Gasteiger partial charge in [-0.1, -0.05) is 0 Å². The second kappa shape index (κ2) is 6.04. The van der Waals surface area contributed by atoms with E-state index in [1.807, 2.05) is 11.8 Å². The number of hydrogen-bond acceptors (Lipinski definition) is 3. The van der Waals surface area contributed by atoms with Crippen molar-refractivity contribution in [3.8, 4) is 6.07 Å². The van der Waals surface area contributed by atoms with Gasteiger partial charge in [0.2, 0.25) is 0 Å². The van der Waals surface area contributed by atoms with E-state index in [0.717, 1.165) is 25.3 Å². The van der Waals surface area contributed by atoms with Crippen molar-refractivity contribution < 1.29 is 4.39 Å². The van der Waals surface area contributed by atoms with Gasteiger partial charge in [0.25, 0.3) is 0 Å². The molecule has 0 spiro atoms. The first-order chi connectivity index (χ1) is 8.29. The first kappa shape index (κ1) is 12.4. The van der Waals surface area contributed by atoms with Crippen LogP contribution in [0.4, 0.5) is 4.39 Å². The standard InChI is InChI=1S/C13H15FN2S/c14-13-3-2-11(9-15)8-12(13)10-16-4-1-6-17-7-5-16/h2-3,8H,1,4-7,10H2. The second-order valence-electron chi connectivity index (χ2n) is 4.16. The molecule has 1 aromatic carbocycles. The quantitative estimate of drug-likeness (QED) is 0.807. The fourth-order valence-corrected chi connectivity index (χ4v) is 2.89. The SMILES string of the molecule is N#Cc1ccc(F)c(CN2CCCSCC2)c1. The van der Waals surface area contributed by atoms with Crippen molar-refractivity contribution in [3.63, 3.8) is 0 Å². The van der Waals surface area contributed by atoms with Crippen molar-refractivity contribution in [3.05, 3.63) is 35.1 Å². The molecule has 0 bridgehead atoms. The van der Waals surface area contributed by atoms with Gasteiger partial charge >= 0.3 is 0 Å². The van der Waals surface area contributed by atoms with Crippen molar-refractivity contribution in [2.24, 2.45) is 0 Å². The molecule has 1 aliphatic rings. The maximum atomic E-state index is 13.6. The minimum Gasteiger partial charge on any atom is -0.298 e. The van der Waals surface area contributed by atoms with Gasteiger partial charge in [0.15, 0.2) is 0 Å². The molecular formula is C13H15FN2S. The van der Waals surface area contributed by atoms with Crippen LogP contribution in [-0.4, -0.2) is 29.5 Å². The zero-order valence-electron chi connectivity index (χ0n) is 9.66. The molecule has 17 heavy (non-hydrogen) atoms. The number of hydrogen-bond donors (Lipinski definition) is 0. The Morgan fingerprint density at radius 2 is 2.24 bits per heavy atom. The lowest BCUT2D eigenvalue weighted by Gasteiger charge is -2.19. The molecule has 2 rings (SSSR count). The zero-order valence-corrected chi connectivity index (χ0v) is 10.5. The van der Waals surface area contributed by atoms with Gasteiger partial charge in [0.1, 0.15) is 5.82 Å². The van der Waals surface area contributed by atoms with Gasteiger partial charge in [0, 0.05) is 24.4 Å². The summed E-state index contributed by atoms with van der Waals surface area (Å²) in [5.41, 5.74) is 1.17. The average molecular weight is 250 g/mol. The lowest BCUT2D eigenvalue weighted by Crippen LogP contribution is -2.25. The Kier molecular flexibility index (Phi) is 4.41. The van der Waals surface area contributed by atoms with Crippen LogP contribution in [0, 0.1) is 17.1 Å². The Balaban J connectivity index is 2.09. The highest BCUT2D eigenvalue weighted by Gasteiger charge is 2.12. The van der Waals surface area contributed by atoms with E-state index in [0.29, 0.717) is 17.7 Å². The van der Waals surface area contributed by atoms with Gasteiger partial charge in [-0.15, -0.1) is 0 Å². The molecule has 1 aliphatic heterocycles. The van der Waals surface area contributed by atoms with E-state index in [1.165, 1.54) is 17.9 Å². The first-order valence-electron chi connectivity index (χ1n) is 5.78. The minimum atomic E-state index is -0.207. The molecule has 4 heteroatoms. The Morgan fingerprint density at radius 1 is 1.35 bits per heavy atom. The highest BCUT2D eigenvalue weighted by atomic mass is 32.2. The number of rotatable bonds is 2. The molecule has 0 unspecified atom stereocenters. The molecule has 0 atom stereocenters. The molecule has 0 saturated carbocycles. The summed E-state index contributed by atoms with van der Waals surface area (Å²) in [6.07, 6.45) is 1.16. The van der Waals surface area contributed by atoms with Gasteiger partial charge in [0.05, 0.1) is 11.6 Å². The number of nitriles is 1. The molecule has 1 fully saturated rings. The first-order valence-corrected chi connectivity index (χ1v) is 6.93.